The molecular weight excluding hydrogens is 219 g/mol. The molecule has 0 saturated carbocycles. The van der Waals surface area contributed by atoms with Crippen LogP contribution in [0, 0.1) is 5.82 Å². The minimum Gasteiger partial charge on any atom is -0.372 e. The van der Waals surface area contributed by atoms with Crippen molar-refractivity contribution in [3.63, 3.8) is 0 Å². The highest BCUT2D eigenvalue weighted by molar-refractivity contribution is 6.30. The lowest BCUT2D eigenvalue weighted by Gasteiger charge is -2.10. The summed E-state index contributed by atoms with van der Waals surface area (Å²) in [6.07, 6.45) is -0.343. The first-order valence-corrected chi connectivity index (χ1v) is 4.89. The van der Waals surface area contributed by atoms with E-state index in [2.05, 4.69) is 5.10 Å². The standard InChI is InChI=1S/C10H10ClFN2O/c1-14-10(15)5-9(13-14)7-3-2-6(11)4-8(7)12/h2-4,10,15H,5H2,1H3. The molecule has 1 aliphatic rings. The lowest BCUT2D eigenvalue weighted by molar-refractivity contribution is 0.0452. The van der Waals surface area contributed by atoms with Crippen molar-refractivity contribution >= 4 is 17.3 Å². The smallest absolute Gasteiger partial charge is 0.147 e. The predicted octanol–water partition coefficient (Wildman–Crippen LogP) is 1.84. The van der Waals surface area contributed by atoms with Crippen molar-refractivity contribution in [3.8, 4) is 0 Å². The molecule has 0 bridgehead atoms. The van der Waals surface area contributed by atoms with Gasteiger partial charge < -0.3 is 5.11 Å². The van der Waals surface area contributed by atoms with Gasteiger partial charge in [0.2, 0.25) is 0 Å². The minimum absolute atomic E-state index is 0.328. The van der Waals surface area contributed by atoms with Crippen molar-refractivity contribution in [2.24, 2.45) is 5.10 Å². The number of hydrazone groups is 1. The lowest BCUT2D eigenvalue weighted by atomic mass is 10.1. The Morgan fingerprint density at radius 1 is 1.60 bits per heavy atom. The van der Waals surface area contributed by atoms with Crippen molar-refractivity contribution < 1.29 is 9.50 Å². The van der Waals surface area contributed by atoms with Gasteiger partial charge in [0, 0.05) is 24.1 Å². The Bertz CT molecular complexity index is 422. The van der Waals surface area contributed by atoms with Gasteiger partial charge >= 0.3 is 0 Å². The fourth-order valence-corrected chi connectivity index (χ4v) is 1.65. The first-order chi connectivity index (χ1) is 7.08. The van der Waals surface area contributed by atoms with Crippen LogP contribution < -0.4 is 0 Å². The third-order valence-corrected chi connectivity index (χ3v) is 2.56. The van der Waals surface area contributed by atoms with Crippen LogP contribution in [0.3, 0.4) is 0 Å². The molecule has 15 heavy (non-hydrogen) atoms. The minimum atomic E-state index is -0.671. The van der Waals surface area contributed by atoms with E-state index < -0.39 is 12.0 Å². The number of hydrogen-bond acceptors (Lipinski definition) is 3. The molecule has 2 rings (SSSR count). The Morgan fingerprint density at radius 2 is 2.33 bits per heavy atom. The molecule has 0 fully saturated rings. The number of aliphatic hydroxyl groups is 1. The monoisotopic (exact) mass is 228 g/mol. The van der Waals surface area contributed by atoms with Crippen molar-refractivity contribution in [2.45, 2.75) is 12.6 Å². The summed E-state index contributed by atoms with van der Waals surface area (Å²) in [7, 11) is 1.64. The maximum atomic E-state index is 13.5. The Labute approximate surface area is 91.8 Å². The normalized spacial score (nSPS) is 20.7. The SMILES string of the molecule is CN1N=C(c2ccc(Cl)cc2F)CC1O. The van der Waals surface area contributed by atoms with Crippen LogP contribution in [-0.4, -0.2) is 29.1 Å². The molecule has 0 spiro atoms. The average molecular weight is 229 g/mol. The van der Waals surface area contributed by atoms with Gasteiger partial charge in [-0.05, 0) is 18.2 Å². The number of hydrogen-bond donors (Lipinski definition) is 1. The fourth-order valence-electron chi connectivity index (χ4n) is 1.49. The molecule has 3 nitrogen and oxygen atoms in total. The Hall–Kier alpha value is -1.13. The molecule has 1 atom stereocenters. The van der Waals surface area contributed by atoms with E-state index in [-0.39, 0.29) is 0 Å². The van der Waals surface area contributed by atoms with Gasteiger partial charge in [0.05, 0.1) is 5.71 Å². The first kappa shape index (κ1) is 10.4. The summed E-state index contributed by atoms with van der Waals surface area (Å²) in [5.41, 5.74) is 0.932. The van der Waals surface area contributed by atoms with Gasteiger partial charge in [0.1, 0.15) is 12.0 Å². The van der Waals surface area contributed by atoms with E-state index in [0.717, 1.165) is 0 Å². The number of benzene rings is 1. The summed E-state index contributed by atoms with van der Waals surface area (Å²) in [5.74, 6) is -0.413. The highest BCUT2D eigenvalue weighted by Gasteiger charge is 2.23. The van der Waals surface area contributed by atoms with Crippen molar-refractivity contribution in [1.29, 1.82) is 0 Å². The number of rotatable bonds is 1. The highest BCUT2D eigenvalue weighted by Crippen LogP contribution is 2.21. The van der Waals surface area contributed by atoms with Gasteiger partial charge in [-0.25, -0.2) is 4.39 Å². The summed E-state index contributed by atoms with van der Waals surface area (Å²) in [5, 5.41) is 15.2. The van der Waals surface area contributed by atoms with Crippen LogP contribution in [0.5, 0.6) is 0 Å². The van der Waals surface area contributed by atoms with Gasteiger partial charge in [-0.2, -0.15) is 5.10 Å². The molecule has 1 aromatic rings. The molecular formula is C10H10ClFN2O. The molecule has 5 heteroatoms. The number of halogens is 2. The first-order valence-electron chi connectivity index (χ1n) is 4.52. The van der Waals surface area contributed by atoms with Crippen LogP contribution in [0.2, 0.25) is 5.02 Å². The lowest BCUT2D eigenvalue weighted by Crippen LogP contribution is -2.21. The topological polar surface area (TPSA) is 35.8 Å². The Balaban J connectivity index is 2.35. The van der Waals surface area contributed by atoms with Gasteiger partial charge in [-0.15, -0.1) is 0 Å². The second kappa shape index (κ2) is 3.79. The molecule has 1 N–H and O–H groups in total. The molecule has 1 heterocycles. The van der Waals surface area contributed by atoms with Crippen LogP contribution >= 0.6 is 11.6 Å². The molecule has 0 amide bonds. The maximum Gasteiger partial charge on any atom is 0.147 e. The van der Waals surface area contributed by atoms with Gasteiger partial charge in [-0.1, -0.05) is 11.6 Å². The van der Waals surface area contributed by atoms with Crippen molar-refractivity contribution in [1.82, 2.24) is 5.01 Å². The molecule has 80 valence electrons. The largest absolute Gasteiger partial charge is 0.372 e. The molecule has 1 aromatic carbocycles. The van der Waals surface area contributed by atoms with Gasteiger partial charge in [-0.3, -0.25) is 5.01 Å². The summed E-state index contributed by atoms with van der Waals surface area (Å²) in [6.45, 7) is 0. The van der Waals surface area contributed by atoms with Crippen LogP contribution in [0.25, 0.3) is 0 Å². The summed E-state index contributed by atoms with van der Waals surface area (Å²) in [6, 6.07) is 4.42. The van der Waals surface area contributed by atoms with E-state index in [4.69, 9.17) is 11.6 Å². The van der Waals surface area contributed by atoms with E-state index in [1.54, 1.807) is 19.2 Å². The summed E-state index contributed by atoms with van der Waals surface area (Å²) < 4.78 is 13.5. The van der Waals surface area contributed by atoms with E-state index in [0.29, 0.717) is 22.7 Å². The number of nitrogens with zero attached hydrogens (tertiary/aromatic N) is 2. The Kier molecular flexibility index (Phi) is 2.63. The summed E-state index contributed by atoms with van der Waals surface area (Å²) >= 11 is 5.64. The molecule has 1 aliphatic heterocycles. The second-order valence-electron chi connectivity index (χ2n) is 3.43. The fraction of sp³-hybridized carbons (Fsp3) is 0.300. The van der Waals surface area contributed by atoms with Gasteiger partial charge in [0.15, 0.2) is 0 Å². The van der Waals surface area contributed by atoms with E-state index in [1.165, 1.54) is 11.1 Å². The zero-order chi connectivity index (χ0) is 11.0. The molecule has 0 saturated heterocycles. The van der Waals surface area contributed by atoms with E-state index in [1.807, 2.05) is 0 Å². The Morgan fingerprint density at radius 3 is 2.87 bits per heavy atom. The third kappa shape index (κ3) is 1.96. The van der Waals surface area contributed by atoms with Gasteiger partial charge in [0.25, 0.3) is 0 Å². The quantitative estimate of drug-likeness (QED) is 0.796. The van der Waals surface area contributed by atoms with Crippen LogP contribution in [0.15, 0.2) is 23.3 Å². The number of aliphatic hydroxyl groups excluding tert-OH is 1. The maximum absolute atomic E-state index is 13.5. The predicted molar refractivity (Wildman–Crippen MR) is 56.3 cm³/mol. The van der Waals surface area contributed by atoms with Crippen LogP contribution in [0.4, 0.5) is 4.39 Å². The molecule has 1 unspecified atom stereocenters. The zero-order valence-corrected chi connectivity index (χ0v) is 8.87. The summed E-state index contributed by atoms with van der Waals surface area (Å²) in [4.78, 5) is 0. The molecule has 0 aromatic heterocycles. The second-order valence-corrected chi connectivity index (χ2v) is 3.87. The van der Waals surface area contributed by atoms with Crippen LogP contribution in [0.1, 0.15) is 12.0 Å². The van der Waals surface area contributed by atoms with Crippen molar-refractivity contribution in [2.75, 3.05) is 7.05 Å². The third-order valence-electron chi connectivity index (χ3n) is 2.33. The molecule has 0 radical (unpaired) electrons. The van der Waals surface area contributed by atoms with Crippen molar-refractivity contribution in [3.05, 3.63) is 34.6 Å². The zero-order valence-electron chi connectivity index (χ0n) is 8.11. The van der Waals surface area contributed by atoms with E-state index in [9.17, 15) is 9.50 Å². The van der Waals surface area contributed by atoms with E-state index >= 15 is 0 Å². The van der Waals surface area contributed by atoms with Crippen LogP contribution in [-0.2, 0) is 0 Å². The highest BCUT2D eigenvalue weighted by atomic mass is 35.5. The average Bonchev–Trinajstić information content (AvgIpc) is 2.46. The molecule has 0 aliphatic carbocycles.